The van der Waals surface area contributed by atoms with Crippen molar-refractivity contribution in [2.45, 2.75) is 126 Å². The van der Waals surface area contributed by atoms with E-state index in [9.17, 15) is 23.1 Å². The second-order valence-corrected chi connectivity index (χ2v) is 15.3. The Morgan fingerprint density at radius 1 is 0.953 bits per heavy atom. The number of aromatic nitrogens is 1. The van der Waals surface area contributed by atoms with E-state index < -0.39 is 35.5 Å². The van der Waals surface area contributed by atoms with Gasteiger partial charge in [-0.3, -0.25) is 4.79 Å². The van der Waals surface area contributed by atoms with Crippen molar-refractivity contribution >= 4 is 17.5 Å². The predicted molar refractivity (Wildman–Crippen MR) is 159 cm³/mol. The van der Waals surface area contributed by atoms with Crippen LogP contribution in [0, 0.1) is 34.5 Å². The fraction of sp³-hybridized carbons (Fsp3) is 0.765. The van der Waals surface area contributed by atoms with Crippen LogP contribution in [0.5, 0.6) is 0 Å². The molecule has 1 aromatic heterocycles. The fourth-order valence-electron chi connectivity index (χ4n) is 9.59. The van der Waals surface area contributed by atoms with E-state index in [2.05, 4.69) is 11.9 Å². The molecule has 3 nitrogen and oxygen atoms in total. The van der Waals surface area contributed by atoms with Crippen molar-refractivity contribution < 1.29 is 31.9 Å². The summed E-state index contributed by atoms with van der Waals surface area (Å²) in [4.78, 5) is 16.8. The van der Waals surface area contributed by atoms with Gasteiger partial charge >= 0.3 is 12.1 Å². The normalized spacial score (nSPS) is 36.1. The van der Waals surface area contributed by atoms with E-state index in [-0.39, 0.29) is 41.8 Å². The van der Waals surface area contributed by atoms with Crippen molar-refractivity contribution in [1.29, 1.82) is 0 Å². The second-order valence-electron chi connectivity index (χ2n) is 14.2. The van der Waals surface area contributed by atoms with Crippen molar-refractivity contribution in [2.75, 3.05) is 5.75 Å². The molecule has 240 valence electrons. The van der Waals surface area contributed by atoms with E-state index in [0.717, 1.165) is 61.3 Å². The molecule has 0 saturated heterocycles. The maximum Gasteiger partial charge on any atom is 0.456 e. The zero-order valence-electron chi connectivity index (χ0n) is 25.4. The number of hydrogen-bond acceptors (Lipinski definition) is 4. The summed E-state index contributed by atoms with van der Waals surface area (Å²) in [5.41, 5.74) is -3.71. The number of alkyl halides is 5. The highest BCUT2D eigenvalue weighted by Crippen LogP contribution is 2.72. The van der Waals surface area contributed by atoms with Gasteiger partial charge in [0, 0.05) is 18.0 Å². The number of unbranched alkanes of at least 4 members (excludes halogenated alkanes) is 5. The Hall–Kier alpha value is -1.48. The molecule has 7 atom stereocenters. The van der Waals surface area contributed by atoms with Gasteiger partial charge in [0.2, 0.25) is 0 Å². The molecule has 43 heavy (non-hydrogen) atoms. The van der Waals surface area contributed by atoms with Gasteiger partial charge in [0.15, 0.2) is 5.78 Å². The number of pyridine rings is 1. The molecule has 1 aromatic rings. The Kier molecular flexibility index (Phi) is 9.47. The molecule has 3 saturated carbocycles. The smallest absolute Gasteiger partial charge is 0.383 e. The quantitative estimate of drug-likeness (QED) is 0.151. The minimum absolute atomic E-state index is 0.0317. The minimum atomic E-state index is -5.80. The number of hydrogen-bond donors (Lipinski definition) is 1. The van der Waals surface area contributed by atoms with E-state index in [4.69, 9.17) is 0 Å². The zero-order chi connectivity index (χ0) is 31.1. The monoisotopic (exact) mass is 627 g/mol. The molecular weight excluding hydrogens is 581 g/mol. The van der Waals surface area contributed by atoms with Gasteiger partial charge in [-0.2, -0.15) is 22.0 Å². The highest BCUT2D eigenvalue weighted by atomic mass is 32.2. The van der Waals surface area contributed by atoms with Gasteiger partial charge in [0.05, 0.1) is 5.03 Å². The first-order valence-electron chi connectivity index (χ1n) is 16.2. The molecule has 5 rings (SSSR count). The fourth-order valence-corrected chi connectivity index (χ4v) is 10.5. The number of allylic oxidation sites excluding steroid dienone is 1. The first-order chi connectivity index (χ1) is 20.2. The SMILES string of the molecule is C[C@]12CCC(=O)C=C1CC(CCCCCCCCSc1ccccn1)[C@@H]1[C@H]2CC[C@@]2(C)[C@H]1CCC2(O)C(F)(F)C(F)(F)F. The van der Waals surface area contributed by atoms with Gasteiger partial charge in [-0.15, -0.1) is 11.8 Å². The number of aliphatic hydroxyl groups is 1. The molecule has 9 heteroatoms. The summed E-state index contributed by atoms with van der Waals surface area (Å²) in [6.45, 7) is 3.68. The van der Waals surface area contributed by atoms with Crippen molar-refractivity contribution in [3.8, 4) is 0 Å². The largest absolute Gasteiger partial charge is 0.456 e. The van der Waals surface area contributed by atoms with Gasteiger partial charge in [0.25, 0.3) is 0 Å². The number of nitrogens with zero attached hydrogens (tertiary/aromatic N) is 1. The summed E-state index contributed by atoms with van der Waals surface area (Å²) in [5.74, 6) is -4.18. The Bertz CT molecular complexity index is 1180. The molecule has 4 aliphatic rings. The topological polar surface area (TPSA) is 50.2 Å². The number of rotatable bonds is 11. The van der Waals surface area contributed by atoms with Crippen LogP contribution < -0.4 is 0 Å². The maximum atomic E-state index is 15.0. The molecule has 0 amide bonds. The minimum Gasteiger partial charge on any atom is -0.383 e. The molecule has 2 unspecified atom stereocenters. The van der Waals surface area contributed by atoms with Gasteiger partial charge in [-0.1, -0.05) is 57.6 Å². The standard InChI is InChI=1S/C34H46F5NO2S/c1-30-16-13-25(41)22-24(30)21-23(11-7-5-3-4-6-10-20-43-28-12-8-9-19-40-28)29-26(30)14-17-31(2)27(29)15-18-32(31,42)33(35,36)34(37,38)39/h8-9,12,19,22-23,26-27,29,42H,3-7,10-11,13-18,20-21H2,1-2H3/t23?,26-,27+,29-,30+,31+,32?/m1/s1. The van der Waals surface area contributed by atoms with Crippen molar-refractivity contribution in [2.24, 2.45) is 34.5 Å². The number of ketones is 1. The zero-order valence-corrected chi connectivity index (χ0v) is 26.2. The lowest BCUT2D eigenvalue weighted by atomic mass is 9.43. The van der Waals surface area contributed by atoms with Crippen LogP contribution in [0.15, 0.2) is 41.1 Å². The first-order valence-corrected chi connectivity index (χ1v) is 17.2. The van der Waals surface area contributed by atoms with E-state index in [1.807, 2.05) is 24.3 Å². The van der Waals surface area contributed by atoms with Crippen molar-refractivity contribution in [3.05, 3.63) is 36.0 Å². The molecule has 1 heterocycles. The summed E-state index contributed by atoms with van der Waals surface area (Å²) in [7, 11) is 0. The number of fused-ring (bicyclic) bond motifs is 5. The van der Waals surface area contributed by atoms with Crippen LogP contribution in [0.1, 0.15) is 104 Å². The molecule has 0 radical (unpaired) electrons. The molecular formula is C34H46F5NO2S. The third-order valence-corrected chi connectivity index (χ3v) is 13.1. The molecule has 0 bridgehead atoms. The summed E-state index contributed by atoms with van der Waals surface area (Å²) in [6.07, 6.45) is 7.38. The third kappa shape index (κ3) is 5.83. The third-order valence-electron chi connectivity index (χ3n) is 12.0. The van der Waals surface area contributed by atoms with Crippen LogP contribution in [0.4, 0.5) is 22.0 Å². The van der Waals surface area contributed by atoms with Crippen LogP contribution in [0.2, 0.25) is 0 Å². The van der Waals surface area contributed by atoms with Gasteiger partial charge < -0.3 is 5.11 Å². The highest BCUT2D eigenvalue weighted by molar-refractivity contribution is 7.99. The van der Waals surface area contributed by atoms with Gasteiger partial charge in [-0.25, -0.2) is 4.98 Å². The number of thioether (sulfide) groups is 1. The average Bonchev–Trinajstić information content (AvgIpc) is 3.24. The average molecular weight is 628 g/mol. The lowest BCUT2D eigenvalue weighted by Gasteiger charge is -2.62. The number of halogens is 5. The second kappa shape index (κ2) is 12.4. The summed E-state index contributed by atoms with van der Waals surface area (Å²) in [5, 5.41) is 12.3. The van der Waals surface area contributed by atoms with Crippen LogP contribution in [-0.2, 0) is 4.79 Å². The first kappa shape index (κ1) is 32.9. The molecule has 0 spiro atoms. The maximum absolute atomic E-state index is 15.0. The molecule has 0 aliphatic heterocycles. The molecule has 0 aromatic carbocycles. The van der Waals surface area contributed by atoms with E-state index >= 15 is 8.78 Å². The Labute approximate surface area is 256 Å². The van der Waals surface area contributed by atoms with Crippen LogP contribution >= 0.6 is 11.8 Å². The molecule has 1 N–H and O–H groups in total. The number of carbonyl (C=O) groups is 1. The Balaban J connectivity index is 1.24. The highest BCUT2D eigenvalue weighted by Gasteiger charge is 2.79. The van der Waals surface area contributed by atoms with Crippen LogP contribution in [-0.4, -0.2) is 39.3 Å². The molecule has 4 aliphatic carbocycles. The van der Waals surface area contributed by atoms with E-state index in [0.29, 0.717) is 25.7 Å². The Morgan fingerprint density at radius 3 is 2.35 bits per heavy atom. The van der Waals surface area contributed by atoms with E-state index in [1.165, 1.54) is 6.92 Å². The van der Waals surface area contributed by atoms with Crippen LogP contribution in [0.3, 0.4) is 0 Å². The predicted octanol–water partition coefficient (Wildman–Crippen LogP) is 9.59. The van der Waals surface area contributed by atoms with Crippen molar-refractivity contribution in [1.82, 2.24) is 4.98 Å². The number of carbonyl (C=O) groups excluding carboxylic acids is 1. The summed E-state index contributed by atoms with van der Waals surface area (Å²) < 4.78 is 71.0. The summed E-state index contributed by atoms with van der Waals surface area (Å²) >= 11 is 1.77. The summed E-state index contributed by atoms with van der Waals surface area (Å²) in [6, 6.07) is 5.92. The Morgan fingerprint density at radius 2 is 1.65 bits per heavy atom. The van der Waals surface area contributed by atoms with E-state index in [1.54, 1.807) is 18.0 Å². The lowest BCUT2D eigenvalue weighted by Crippen LogP contribution is -2.66. The molecule has 3 fully saturated rings. The van der Waals surface area contributed by atoms with Gasteiger partial charge in [0.1, 0.15) is 5.60 Å². The van der Waals surface area contributed by atoms with Gasteiger partial charge in [-0.05, 0) is 104 Å². The van der Waals surface area contributed by atoms with Crippen molar-refractivity contribution in [3.63, 3.8) is 0 Å². The van der Waals surface area contributed by atoms with Crippen LogP contribution in [0.25, 0.3) is 0 Å². The lowest BCUT2D eigenvalue weighted by molar-refractivity contribution is -0.364.